The topological polar surface area (TPSA) is 60.2 Å². The molecule has 0 amide bonds. The van der Waals surface area contributed by atoms with Crippen molar-refractivity contribution in [2.75, 3.05) is 11.9 Å². The molecule has 4 nitrogen and oxygen atoms in total. The number of anilines is 1. The second kappa shape index (κ2) is 6.65. The van der Waals surface area contributed by atoms with Gasteiger partial charge >= 0.3 is 0 Å². The van der Waals surface area contributed by atoms with Crippen LogP contribution in [0.3, 0.4) is 0 Å². The Hall–Kier alpha value is -1.44. The van der Waals surface area contributed by atoms with Crippen LogP contribution < -0.4 is 10.6 Å². The van der Waals surface area contributed by atoms with E-state index >= 15 is 0 Å². The number of guanidine groups is 1. The fourth-order valence-electron chi connectivity index (χ4n) is 1.69. The molecule has 6 heteroatoms. The number of hydrogen-bond acceptors (Lipinski definition) is 2. The number of nitriles is 1. The van der Waals surface area contributed by atoms with Crippen LogP contribution in [0.15, 0.2) is 23.2 Å². The Kier molecular flexibility index (Phi) is 4.89. The zero-order valence-electron chi connectivity index (χ0n) is 10.3. The number of aliphatic imine (C=N–C) groups is 1. The molecule has 0 heterocycles. The van der Waals surface area contributed by atoms with Crippen LogP contribution in [-0.2, 0) is 0 Å². The van der Waals surface area contributed by atoms with E-state index in [0.717, 1.165) is 12.3 Å². The maximum Gasteiger partial charge on any atom is 0.209 e. The van der Waals surface area contributed by atoms with Crippen LogP contribution in [0.25, 0.3) is 0 Å². The Morgan fingerprint density at radius 3 is 2.58 bits per heavy atom. The molecule has 0 bridgehead atoms. The predicted molar refractivity (Wildman–Crippen MR) is 78.5 cm³/mol. The van der Waals surface area contributed by atoms with Crippen LogP contribution in [0, 0.1) is 17.4 Å². The van der Waals surface area contributed by atoms with Crippen molar-refractivity contribution in [1.82, 2.24) is 5.32 Å². The van der Waals surface area contributed by atoms with Gasteiger partial charge in [-0.3, -0.25) is 10.3 Å². The molecule has 0 radical (unpaired) electrons. The fourth-order valence-corrected chi connectivity index (χ4v) is 2.22. The standard InChI is InChI=1S/C13H14Cl2N4/c14-10-5-11(15)7-12(6-10)19-13(18-8-16)17-4-3-9-1-2-9/h5-7,9H,1-4H2,(H2,17,18,19). The maximum atomic E-state index is 8.71. The van der Waals surface area contributed by atoms with E-state index in [9.17, 15) is 0 Å². The van der Waals surface area contributed by atoms with Crippen molar-refractivity contribution >= 4 is 34.8 Å². The van der Waals surface area contributed by atoms with E-state index in [-0.39, 0.29) is 0 Å². The third-order valence-electron chi connectivity index (χ3n) is 2.80. The van der Waals surface area contributed by atoms with Gasteiger partial charge in [0, 0.05) is 22.3 Å². The van der Waals surface area contributed by atoms with Gasteiger partial charge in [0.2, 0.25) is 5.96 Å². The van der Waals surface area contributed by atoms with Crippen molar-refractivity contribution < 1.29 is 0 Å². The molecule has 19 heavy (non-hydrogen) atoms. The number of rotatable bonds is 4. The van der Waals surface area contributed by atoms with Crippen LogP contribution >= 0.6 is 23.2 Å². The monoisotopic (exact) mass is 296 g/mol. The van der Waals surface area contributed by atoms with Gasteiger partial charge in [0.25, 0.3) is 0 Å². The van der Waals surface area contributed by atoms with Gasteiger partial charge in [-0.1, -0.05) is 36.0 Å². The zero-order valence-corrected chi connectivity index (χ0v) is 11.8. The SMILES string of the molecule is N#CNC(=NCCC1CC1)Nc1cc(Cl)cc(Cl)c1. The van der Waals surface area contributed by atoms with E-state index in [1.807, 2.05) is 6.19 Å². The first-order valence-electron chi connectivity index (χ1n) is 6.10. The molecule has 2 N–H and O–H groups in total. The Morgan fingerprint density at radius 1 is 1.32 bits per heavy atom. The van der Waals surface area contributed by atoms with Crippen molar-refractivity contribution in [3.05, 3.63) is 28.2 Å². The van der Waals surface area contributed by atoms with E-state index in [2.05, 4.69) is 15.6 Å². The zero-order chi connectivity index (χ0) is 13.7. The molecule has 1 aromatic rings. The summed E-state index contributed by atoms with van der Waals surface area (Å²) >= 11 is 11.8. The highest BCUT2D eigenvalue weighted by atomic mass is 35.5. The predicted octanol–water partition coefficient (Wildman–Crippen LogP) is 3.63. The van der Waals surface area contributed by atoms with E-state index in [4.69, 9.17) is 28.5 Å². The first-order valence-corrected chi connectivity index (χ1v) is 6.85. The van der Waals surface area contributed by atoms with Crippen LogP contribution in [-0.4, -0.2) is 12.5 Å². The Labute approximate surface area is 122 Å². The van der Waals surface area contributed by atoms with Gasteiger partial charge in [0.1, 0.15) is 0 Å². The number of nitrogens with one attached hydrogen (secondary N) is 2. The number of nitrogens with zero attached hydrogens (tertiary/aromatic N) is 2. The molecular formula is C13H14Cl2N4. The van der Waals surface area contributed by atoms with Crippen LogP contribution in [0.1, 0.15) is 19.3 Å². The Balaban J connectivity index is 1.99. The number of hydrogen-bond donors (Lipinski definition) is 2. The lowest BCUT2D eigenvalue weighted by Gasteiger charge is -2.09. The molecule has 0 aliphatic heterocycles. The van der Waals surface area contributed by atoms with Gasteiger partial charge in [-0.2, -0.15) is 5.26 Å². The highest BCUT2D eigenvalue weighted by molar-refractivity contribution is 6.35. The number of benzene rings is 1. The second-order valence-electron chi connectivity index (χ2n) is 4.48. The first kappa shape index (κ1) is 14.0. The van der Waals surface area contributed by atoms with Gasteiger partial charge < -0.3 is 5.32 Å². The summed E-state index contributed by atoms with van der Waals surface area (Å²) in [4.78, 5) is 4.33. The summed E-state index contributed by atoms with van der Waals surface area (Å²) in [5, 5.41) is 15.3. The lowest BCUT2D eigenvalue weighted by Crippen LogP contribution is -2.27. The summed E-state index contributed by atoms with van der Waals surface area (Å²) in [6.45, 7) is 0.704. The average molecular weight is 297 g/mol. The molecule has 2 rings (SSSR count). The highest BCUT2D eigenvalue weighted by Crippen LogP contribution is 2.32. The minimum atomic E-state index is 0.418. The van der Waals surface area contributed by atoms with Gasteiger partial charge in [0.05, 0.1) is 0 Å². The van der Waals surface area contributed by atoms with E-state index < -0.39 is 0 Å². The summed E-state index contributed by atoms with van der Waals surface area (Å²) in [5.41, 5.74) is 0.699. The normalized spacial score (nSPS) is 14.9. The third-order valence-corrected chi connectivity index (χ3v) is 3.24. The molecule has 0 unspecified atom stereocenters. The maximum absolute atomic E-state index is 8.71. The minimum absolute atomic E-state index is 0.418. The first-order chi connectivity index (χ1) is 9.17. The quantitative estimate of drug-likeness (QED) is 0.386. The summed E-state index contributed by atoms with van der Waals surface area (Å²) in [5.74, 6) is 1.23. The fraction of sp³-hybridized carbons (Fsp3) is 0.385. The van der Waals surface area contributed by atoms with Gasteiger partial charge in [-0.15, -0.1) is 0 Å². The average Bonchev–Trinajstić information content (AvgIpc) is 3.11. The van der Waals surface area contributed by atoms with Crippen molar-refractivity contribution in [1.29, 1.82) is 5.26 Å². The van der Waals surface area contributed by atoms with Gasteiger partial charge in [0.15, 0.2) is 6.19 Å². The van der Waals surface area contributed by atoms with E-state index in [1.165, 1.54) is 12.8 Å². The largest absolute Gasteiger partial charge is 0.325 e. The van der Waals surface area contributed by atoms with Crippen LogP contribution in [0.5, 0.6) is 0 Å². The smallest absolute Gasteiger partial charge is 0.209 e. The lowest BCUT2D eigenvalue weighted by atomic mass is 10.3. The van der Waals surface area contributed by atoms with Crippen LogP contribution in [0.2, 0.25) is 10.0 Å². The van der Waals surface area contributed by atoms with Crippen molar-refractivity contribution in [2.45, 2.75) is 19.3 Å². The van der Waals surface area contributed by atoms with Crippen molar-refractivity contribution in [2.24, 2.45) is 10.9 Å². The van der Waals surface area contributed by atoms with E-state index in [0.29, 0.717) is 28.2 Å². The second-order valence-corrected chi connectivity index (χ2v) is 5.36. The molecule has 1 aliphatic rings. The molecule has 0 spiro atoms. The van der Waals surface area contributed by atoms with Crippen molar-refractivity contribution in [3.8, 4) is 6.19 Å². The van der Waals surface area contributed by atoms with Crippen LogP contribution in [0.4, 0.5) is 5.69 Å². The lowest BCUT2D eigenvalue weighted by molar-refractivity contribution is 0.738. The van der Waals surface area contributed by atoms with Gasteiger partial charge in [-0.05, 0) is 30.5 Å². The molecule has 0 aromatic heterocycles. The third kappa shape index (κ3) is 4.98. The molecule has 1 aromatic carbocycles. The summed E-state index contributed by atoms with van der Waals surface area (Å²) in [7, 11) is 0. The number of halogens is 2. The van der Waals surface area contributed by atoms with Crippen molar-refractivity contribution in [3.63, 3.8) is 0 Å². The van der Waals surface area contributed by atoms with E-state index in [1.54, 1.807) is 18.2 Å². The van der Waals surface area contributed by atoms with Gasteiger partial charge in [-0.25, -0.2) is 0 Å². The molecular weight excluding hydrogens is 283 g/mol. The Bertz CT molecular complexity index is 498. The molecule has 1 saturated carbocycles. The molecule has 0 atom stereocenters. The molecule has 0 saturated heterocycles. The highest BCUT2D eigenvalue weighted by Gasteiger charge is 2.20. The summed E-state index contributed by atoms with van der Waals surface area (Å²) in [6.07, 6.45) is 5.52. The molecule has 1 aliphatic carbocycles. The molecule has 1 fully saturated rings. The summed E-state index contributed by atoms with van der Waals surface area (Å²) < 4.78 is 0. The minimum Gasteiger partial charge on any atom is -0.325 e. The molecule has 100 valence electrons. The summed E-state index contributed by atoms with van der Waals surface area (Å²) in [6, 6.07) is 5.10. The Morgan fingerprint density at radius 2 is 2.00 bits per heavy atom.